The standard InChI is InChI=1S/C18H13ClN2OS/c19-15-9-5-4-8-14(15)16-12-23-18(20-16)21-17(22)11-10-13-6-2-1-3-7-13/h1-12H,(H,20,21,22). The second-order valence-electron chi connectivity index (χ2n) is 4.75. The molecule has 0 saturated heterocycles. The summed E-state index contributed by atoms with van der Waals surface area (Å²) in [6.07, 6.45) is 3.25. The lowest BCUT2D eigenvalue weighted by atomic mass is 10.2. The Bertz CT molecular complexity index is 843. The molecule has 1 amide bonds. The number of amides is 1. The Hall–Kier alpha value is -2.43. The van der Waals surface area contributed by atoms with Gasteiger partial charge >= 0.3 is 0 Å². The molecule has 0 aliphatic heterocycles. The molecule has 3 nitrogen and oxygen atoms in total. The molecular weight excluding hydrogens is 328 g/mol. The van der Waals surface area contributed by atoms with Gasteiger partial charge in [0.2, 0.25) is 5.91 Å². The number of thiazole rings is 1. The van der Waals surface area contributed by atoms with E-state index in [1.165, 1.54) is 17.4 Å². The quantitative estimate of drug-likeness (QED) is 0.670. The SMILES string of the molecule is O=C(C=Cc1ccccc1)Nc1nc(-c2ccccc2Cl)cs1. The van der Waals surface area contributed by atoms with Gasteiger partial charge in [-0.2, -0.15) is 0 Å². The molecule has 0 unspecified atom stereocenters. The largest absolute Gasteiger partial charge is 0.298 e. The number of anilines is 1. The van der Waals surface area contributed by atoms with Crippen molar-refractivity contribution >= 4 is 40.1 Å². The Balaban J connectivity index is 1.68. The van der Waals surface area contributed by atoms with E-state index in [0.717, 1.165) is 16.8 Å². The normalized spacial score (nSPS) is 10.8. The first kappa shape index (κ1) is 15.5. The topological polar surface area (TPSA) is 42.0 Å². The van der Waals surface area contributed by atoms with Gasteiger partial charge in [-0.15, -0.1) is 11.3 Å². The molecule has 1 aromatic heterocycles. The Morgan fingerprint density at radius 3 is 2.61 bits per heavy atom. The zero-order chi connectivity index (χ0) is 16.1. The molecule has 3 aromatic rings. The van der Waals surface area contributed by atoms with Gasteiger partial charge in [0.05, 0.1) is 5.69 Å². The molecular formula is C18H13ClN2OS. The van der Waals surface area contributed by atoms with Crippen LogP contribution in [-0.4, -0.2) is 10.9 Å². The van der Waals surface area contributed by atoms with Crippen LogP contribution in [0.15, 0.2) is 66.1 Å². The lowest BCUT2D eigenvalue weighted by molar-refractivity contribution is -0.111. The number of hydrogen-bond donors (Lipinski definition) is 1. The number of nitrogens with one attached hydrogen (secondary N) is 1. The van der Waals surface area contributed by atoms with Crippen molar-refractivity contribution in [2.24, 2.45) is 0 Å². The summed E-state index contributed by atoms with van der Waals surface area (Å²) < 4.78 is 0. The predicted molar refractivity (Wildman–Crippen MR) is 96.7 cm³/mol. The summed E-state index contributed by atoms with van der Waals surface area (Å²) in [5.41, 5.74) is 2.58. The number of benzene rings is 2. The molecule has 0 atom stereocenters. The minimum Gasteiger partial charge on any atom is -0.298 e. The fourth-order valence-corrected chi connectivity index (χ4v) is 2.95. The van der Waals surface area contributed by atoms with Crippen LogP contribution in [0.3, 0.4) is 0 Å². The van der Waals surface area contributed by atoms with E-state index in [4.69, 9.17) is 11.6 Å². The number of hydrogen-bond acceptors (Lipinski definition) is 3. The Morgan fingerprint density at radius 1 is 1.09 bits per heavy atom. The van der Waals surface area contributed by atoms with Crippen LogP contribution < -0.4 is 5.32 Å². The number of aromatic nitrogens is 1. The molecule has 0 bridgehead atoms. The Labute approximate surface area is 143 Å². The van der Waals surface area contributed by atoms with Gasteiger partial charge < -0.3 is 0 Å². The van der Waals surface area contributed by atoms with Crippen LogP contribution in [-0.2, 0) is 4.79 Å². The summed E-state index contributed by atoms with van der Waals surface area (Å²) in [6.45, 7) is 0. The molecule has 1 N–H and O–H groups in total. The average Bonchev–Trinajstić information content (AvgIpc) is 3.02. The zero-order valence-electron chi connectivity index (χ0n) is 12.1. The van der Waals surface area contributed by atoms with E-state index in [9.17, 15) is 4.79 Å². The van der Waals surface area contributed by atoms with E-state index in [0.29, 0.717) is 10.2 Å². The minimum absolute atomic E-state index is 0.214. The van der Waals surface area contributed by atoms with E-state index in [-0.39, 0.29) is 5.91 Å². The monoisotopic (exact) mass is 340 g/mol. The second kappa shape index (κ2) is 7.22. The van der Waals surface area contributed by atoms with Gasteiger partial charge in [-0.3, -0.25) is 10.1 Å². The molecule has 5 heteroatoms. The van der Waals surface area contributed by atoms with Crippen molar-refractivity contribution < 1.29 is 4.79 Å². The third kappa shape index (κ3) is 4.06. The van der Waals surface area contributed by atoms with Crippen molar-refractivity contribution in [1.29, 1.82) is 0 Å². The third-order valence-corrected chi connectivity index (χ3v) is 4.20. The van der Waals surface area contributed by atoms with Crippen LogP contribution in [0.25, 0.3) is 17.3 Å². The van der Waals surface area contributed by atoms with Crippen LogP contribution in [0.2, 0.25) is 5.02 Å². The Kier molecular flexibility index (Phi) is 4.86. The lowest BCUT2D eigenvalue weighted by Gasteiger charge is -1.99. The Morgan fingerprint density at radius 2 is 1.83 bits per heavy atom. The maximum Gasteiger partial charge on any atom is 0.250 e. The molecule has 23 heavy (non-hydrogen) atoms. The van der Waals surface area contributed by atoms with E-state index < -0.39 is 0 Å². The van der Waals surface area contributed by atoms with Crippen molar-refractivity contribution in [3.05, 3.63) is 76.6 Å². The summed E-state index contributed by atoms with van der Waals surface area (Å²) in [4.78, 5) is 16.3. The molecule has 0 radical (unpaired) electrons. The fraction of sp³-hybridized carbons (Fsp3) is 0. The first-order chi connectivity index (χ1) is 11.2. The maximum atomic E-state index is 11.9. The van der Waals surface area contributed by atoms with E-state index >= 15 is 0 Å². The van der Waals surface area contributed by atoms with E-state index in [2.05, 4.69) is 10.3 Å². The number of halogens is 1. The van der Waals surface area contributed by atoms with Crippen molar-refractivity contribution in [2.75, 3.05) is 5.32 Å². The number of carbonyl (C=O) groups excluding carboxylic acids is 1. The van der Waals surface area contributed by atoms with Crippen LogP contribution in [0.4, 0.5) is 5.13 Å². The van der Waals surface area contributed by atoms with Gasteiger partial charge in [0.15, 0.2) is 5.13 Å². The highest BCUT2D eigenvalue weighted by molar-refractivity contribution is 7.14. The molecule has 114 valence electrons. The van der Waals surface area contributed by atoms with Crippen LogP contribution in [0.1, 0.15) is 5.56 Å². The van der Waals surface area contributed by atoms with Gasteiger partial charge in [-0.25, -0.2) is 4.98 Å². The summed E-state index contributed by atoms with van der Waals surface area (Å²) in [6, 6.07) is 17.1. The summed E-state index contributed by atoms with van der Waals surface area (Å²) >= 11 is 7.52. The molecule has 3 rings (SSSR count). The van der Waals surface area contributed by atoms with Crippen molar-refractivity contribution in [2.45, 2.75) is 0 Å². The van der Waals surface area contributed by atoms with Crippen molar-refractivity contribution in [3.63, 3.8) is 0 Å². The molecule has 0 spiro atoms. The highest BCUT2D eigenvalue weighted by Crippen LogP contribution is 2.30. The minimum atomic E-state index is -0.214. The maximum absolute atomic E-state index is 11.9. The molecule has 0 aliphatic rings. The van der Waals surface area contributed by atoms with Gasteiger partial charge in [0, 0.05) is 22.0 Å². The van der Waals surface area contributed by atoms with E-state index in [1.54, 1.807) is 6.08 Å². The highest BCUT2D eigenvalue weighted by Gasteiger charge is 2.08. The van der Waals surface area contributed by atoms with E-state index in [1.807, 2.05) is 60.0 Å². The summed E-state index contributed by atoms with van der Waals surface area (Å²) in [5, 5.41) is 5.82. The smallest absolute Gasteiger partial charge is 0.250 e. The molecule has 0 fully saturated rings. The predicted octanol–water partition coefficient (Wildman–Crippen LogP) is 5.12. The second-order valence-corrected chi connectivity index (χ2v) is 6.02. The van der Waals surface area contributed by atoms with Crippen LogP contribution in [0.5, 0.6) is 0 Å². The van der Waals surface area contributed by atoms with Gasteiger partial charge in [0.25, 0.3) is 0 Å². The fourth-order valence-electron chi connectivity index (χ4n) is 2.01. The molecule has 2 aromatic carbocycles. The zero-order valence-corrected chi connectivity index (χ0v) is 13.6. The van der Waals surface area contributed by atoms with Crippen molar-refractivity contribution in [1.82, 2.24) is 4.98 Å². The van der Waals surface area contributed by atoms with Gasteiger partial charge in [-0.1, -0.05) is 60.1 Å². The molecule has 0 aliphatic carbocycles. The average molecular weight is 341 g/mol. The lowest BCUT2D eigenvalue weighted by Crippen LogP contribution is -2.07. The van der Waals surface area contributed by atoms with Gasteiger partial charge in [-0.05, 0) is 17.7 Å². The van der Waals surface area contributed by atoms with Crippen LogP contribution >= 0.6 is 22.9 Å². The third-order valence-electron chi connectivity index (χ3n) is 3.11. The van der Waals surface area contributed by atoms with Crippen LogP contribution in [0, 0.1) is 0 Å². The molecule has 0 saturated carbocycles. The first-order valence-corrected chi connectivity index (χ1v) is 8.23. The summed E-state index contributed by atoms with van der Waals surface area (Å²) in [7, 11) is 0. The number of nitrogens with zero attached hydrogens (tertiary/aromatic N) is 1. The first-order valence-electron chi connectivity index (χ1n) is 6.97. The number of carbonyl (C=O) groups is 1. The number of rotatable bonds is 4. The molecule has 1 heterocycles. The highest BCUT2D eigenvalue weighted by atomic mass is 35.5. The van der Waals surface area contributed by atoms with Gasteiger partial charge in [0.1, 0.15) is 0 Å². The summed E-state index contributed by atoms with van der Waals surface area (Å²) in [5.74, 6) is -0.214. The van der Waals surface area contributed by atoms with Crippen molar-refractivity contribution in [3.8, 4) is 11.3 Å².